The number of carbonyl (C=O) groups excluding carboxylic acids is 2. The van der Waals surface area contributed by atoms with Crippen LogP contribution in [0.4, 0.5) is 0 Å². The maximum atomic E-state index is 12.9. The fourth-order valence-corrected chi connectivity index (χ4v) is 4.61. The molecular formula is C22H28N4O2S. The quantitative estimate of drug-likeness (QED) is 0.739. The molecule has 2 fully saturated rings. The molecule has 0 spiro atoms. The fraction of sp³-hybridized carbons (Fsp3) is 0.500. The maximum Gasteiger partial charge on any atom is 0.252 e. The number of nitrogens with one attached hydrogen (secondary N) is 1. The van der Waals surface area contributed by atoms with Crippen LogP contribution in [0.3, 0.4) is 0 Å². The summed E-state index contributed by atoms with van der Waals surface area (Å²) in [5, 5.41) is 4.40. The van der Waals surface area contributed by atoms with Crippen molar-refractivity contribution in [3.05, 3.63) is 35.9 Å². The number of hydrogen-bond acceptors (Lipinski definition) is 5. The molecule has 0 bridgehead atoms. The summed E-state index contributed by atoms with van der Waals surface area (Å²) in [5.74, 6) is 0.0901. The Hall–Kier alpha value is -2.12. The lowest BCUT2D eigenvalue weighted by Crippen LogP contribution is -2.50. The summed E-state index contributed by atoms with van der Waals surface area (Å²) in [5.41, 5.74) is 1.43. The SMILES string of the molecule is CCN1CCN(C(=O)C(C)Sc2cc(C(=O)NC3CC3)c3ccccc3n2)CC1. The maximum absolute atomic E-state index is 12.9. The molecule has 1 N–H and O–H groups in total. The lowest BCUT2D eigenvalue weighted by molar-refractivity contribution is -0.132. The molecule has 4 rings (SSSR count). The predicted molar refractivity (Wildman–Crippen MR) is 116 cm³/mol. The van der Waals surface area contributed by atoms with Gasteiger partial charge in [-0.3, -0.25) is 9.59 Å². The largest absolute Gasteiger partial charge is 0.349 e. The van der Waals surface area contributed by atoms with Crippen LogP contribution in [0, 0.1) is 0 Å². The lowest BCUT2D eigenvalue weighted by atomic mass is 10.1. The van der Waals surface area contributed by atoms with Crippen molar-refractivity contribution in [2.24, 2.45) is 0 Å². The van der Waals surface area contributed by atoms with Crippen LogP contribution in [0.2, 0.25) is 0 Å². The first-order valence-corrected chi connectivity index (χ1v) is 11.3. The number of para-hydroxylation sites is 1. The third kappa shape index (κ3) is 4.73. The van der Waals surface area contributed by atoms with Crippen molar-refractivity contribution >= 4 is 34.5 Å². The van der Waals surface area contributed by atoms with Crippen molar-refractivity contribution in [1.29, 1.82) is 0 Å². The van der Waals surface area contributed by atoms with Crippen molar-refractivity contribution in [2.75, 3.05) is 32.7 Å². The number of piperazine rings is 1. The minimum Gasteiger partial charge on any atom is -0.349 e. The van der Waals surface area contributed by atoms with Gasteiger partial charge >= 0.3 is 0 Å². The van der Waals surface area contributed by atoms with E-state index in [0.717, 1.165) is 61.5 Å². The molecule has 1 atom stereocenters. The van der Waals surface area contributed by atoms with E-state index >= 15 is 0 Å². The van der Waals surface area contributed by atoms with Gasteiger partial charge in [0.15, 0.2) is 0 Å². The molecule has 6 nitrogen and oxygen atoms in total. The van der Waals surface area contributed by atoms with E-state index in [0.29, 0.717) is 11.6 Å². The highest BCUT2D eigenvalue weighted by Gasteiger charge is 2.27. The molecule has 1 aliphatic heterocycles. The molecule has 2 aliphatic rings. The number of benzene rings is 1. The number of amides is 2. The number of nitrogens with zero attached hydrogens (tertiary/aromatic N) is 3. The van der Waals surface area contributed by atoms with Crippen molar-refractivity contribution in [3.63, 3.8) is 0 Å². The summed E-state index contributed by atoms with van der Waals surface area (Å²) < 4.78 is 0. The average Bonchev–Trinajstić information content (AvgIpc) is 3.56. The molecule has 1 aromatic carbocycles. The van der Waals surface area contributed by atoms with Gasteiger partial charge in [-0.05, 0) is 38.4 Å². The molecule has 1 aromatic heterocycles. The normalized spacial score (nSPS) is 18.6. The van der Waals surface area contributed by atoms with Gasteiger partial charge in [-0.15, -0.1) is 0 Å². The average molecular weight is 413 g/mol. The van der Waals surface area contributed by atoms with Gasteiger partial charge in [0, 0.05) is 37.6 Å². The molecule has 1 aliphatic carbocycles. The third-order valence-electron chi connectivity index (χ3n) is 5.63. The number of fused-ring (bicyclic) bond motifs is 1. The Labute approximate surface area is 176 Å². The number of aromatic nitrogens is 1. The van der Waals surface area contributed by atoms with Crippen LogP contribution in [0.5, 0.6) is 0 Å². The zero-order valence-corrected chi connectivity index (χ0v) is 17.9. The van der Waals surface area contributed by atoms with E-state index < -0.39 is 0 Å². The molecular weight excluding hydrogens is 384 g/mol. The van der Waals surface area contributed by atoms with Crippen molar-refractivity contribution in [2.45, 2.75) is 43.0 Å². The fourth-order valence-electron chi connectivity index (χ4n) is 3.66. The Kier molecular flexibility index (Phi) is 6.06. The highest BCUT2D eigenvalue weighted by Crippen LogP contribution is 2.29. The summed E-state index contributed by atoms with van der Waals surface area (Å²) in [6.45, 7) is 8.52. The monoisotopic (exact) mass is 412 g/mol. The summed E-state index contributed by atoms with van der Waals surface area (Å²) in [4.78, 5) is 34.7. The molecule has 154 valence electrons. The van der Waals surface area contributed by atoms with Gasteiger partial charge in [0.05, 0.1) is 21.4 Å². The first-order chi connectivity index (χ1) is 14.0. The van der Waals surface area contributed by atoms with Gasteiger partial charge in [0.2, 0.25) is 5.91 Å². The summed E-state index contributed by atoms with van der Waals surface area (Å²) >= 11 is 1.44. The van der Waals surface area contributed by atoms with Crippen molar-refractivity contribution in [3.8, 4) is 0 Å². The molecule has 7 heteroatoms. The summed E-state index contributed by atoms with van der Waals surface area (Å²) in [6, 6.07) is 9.84. The topological polar surface area (TPSA) is 65.5 Å². The molecule has 0 radical (unpaired) electrons. The van der Waals surface area contributed by atoms with Crippen LogP contribution >= 0.6 is 11.8 Å². The van der Waals surface area contributed by atoms with Crippen LogP contribution in [0.1, 0.15) is 37.0 Å². The van der Waals surface area contributed by atoms with E-state index in [1.807, 2.05) is 42.2 Å². The second-order valence-corrected chi connectivity index (χ2v) is 9.15. The van der Waals surface area contributed by atoms with E-state index in [4.69, 9.17) is 4.98 Å². The Morgan fingerprint density at radius 1 is 1.21 bits per heavy atom. The van der Waals surface area contributed by atoms with E-state index in [9.17, 15) is 9.59 Å². The van der Waals surface area contributed by atoms with Gasteiger partial charge < -0.3 is 15.1 Å². The number of likely N-dealkylation sites (N-methyl/N-ethyl adjacent to an activating group) is 1. The molecule has 2 amide bonds. The lowest BCUT2D eigenvalue weighted by Gasteiger charge is -2.35. The first kappa shape index (κ1) is 20.2. The Morgan fingerprint density at radius 3 is 2.62 bits per heavy atom. The van der Waals surface area contributed by atoms with Crippen LogP contribution in [0.25, 0.3) is 10.9 Å². The standard InChI is InChI=1S/C22H28N4O2S/c1-3-25-10-12-26(13-11-25)22(28)15(2)29-20-14-18(21(27)23-16-8-9-16)17-6-4-5-7-19(17)24-20/h4-7,14-16H,3,8-13H2,1-2H3,(H,23,27). The predicted octanol–water partition coefficient (Wildman–Crippen LogP) is 2.77. The van der Waals surface area contributed by atoms with E-state index in [1.165, 1.54) is 11.8 Å². The third-order valence-corrected chi connectivity index (χ3v) is 6.63. The Balaban J connectivity index is 1.51. The molecule has 29 heavy (non-hydrogen) atoms. The van der Waals surface area contributed by atoms with Gasteiger partial charge in [-0.1, -0.05) is 36.9 Å². The van der Waals surface area contributed by atoms with Gasteiger partial charge in [-0.25, -0.2) is 4.98 Å². The van der Waals surface area contributed by atoms with E-state index in [1.54, 1.807) is 0 Å². The zero-order valence-electron chi connectivity index (χ0n) is 17.1. The summed E-state index contributed by atoms with van der Waals surface area (Å²) in [6.07, 6.45) is 2.10. The summed E-state index contributed by atoms with van der Waals surface area (Å²) in [7, 11) is 0. The van der Waals surface area contributed by atoms with Gasteiger partial charge in [0.1, 0.15) is 0 Å². The van der Waals surface area contributed by atoms with Crippen LogP contribution in [-0.4, -0.2) is 70.6 Å². The van der Waals surface area contributed by atoms with Crippen molar-refractivity contribution < 1.29 is 9.59 Å². The minimum atomic E-state index is -0.240. The highest BCUT2D eigenvalue weighted by molar-refractivity contribution is 8.00. The molecule has 1 saturated carbocycles. The molecule has 2 heterocycles. The van der Waals surface area contributed by atoms with Crippen LogP contribution in [-0.2, 0) is 4.79 Å². The molecule has 1 unspecified atom stereocenters. The number of rotatable bonds is 6. The van der Waals surface area contributed by atoms with Crippen molar-refractivity contribution in [1.82, 2.24) is 20.1 Å². The Morgan fingerprint density at radius 2 is 1.93 bits per heavy atom. The van der Waals surface area contributed by atoms with Crippen LogP contribution < -0.4 is 5.32 Å². The first-order valence-electron chi connectivity index (χ1n) is 10.4. The van der Waals surface area contributed by atoms with E-state index in [-0.39, 0.29) is 17.1 Å². The van der Waals surface area contributed by atoms with Crippen LogP contribution in [0.15, 0.2) is 35.4 Å². The number of carbonyl (C=O) groups is 2. The molecule has 2 aromatic rings. The number of thioether (sulfide) groups is 1. The minimum absolute atomic E-state index is 0.0531. The van der Waals surface area contributed by atoms with Gasteiger partial charge in [0.25, 0.3) is 5.91 Å². The second kappa shape index (κ2) is 8.71. The Bertz CT molecular complexity index is 907. The van der Waals surface area contributed by atoms with E-state index in [2.05, 4.69) is 17.1 Å². The zero-order chi connectivity index (χ0) is 20.4. The second-order valence-electron chi connectivity index (χ2n) is 7.79. The number of pyridine rings is 1. The highest BCUT2D eigenvalue weighted by atomic mass is 32.2. The van der Waals surface area contributed by atoms with Gasteiger partial charge in [-0.2, -0.15) is 0 Å². The number of hydrogen-bond donors (Lipinski definition) is 1. The molecule has 1 saturated heterocycles. The smallest absolute Gasteiger partial charge is 0.252 e.